The maximum atomic E-state index is 11.7. The summed E-state index contributed by atoms with van der Waals surface area (Å²) in [6.45, 7) is -1.27. The largest absolute Gasteiger partial charge is 0.411 e. The zero-order valence-corrected chi connectivity index (χ0v) is 8.36. The number of nitrogens with one attached hydrogen (secondary N) is 1. The van der Waals surface area contributed by atoms with Crippen LogP contribution in [-0.4, -0.2) is 34.2 Å². The third kappa shape index (κ3) is 3.88. The second kappa shape index (κ2) is 4.62. The maximum Gasteiger partial charge on any atom is 0.411 e. The van der Waals surface area contributed by atoms with Crippen molar-refractivity contribution < 1.29 is 17.9 Å². The van der Waals surface area contributed by atoms with Crippen LogP contribution in [0.15, 0.2) is 0 Å². The van der Waals surface area contributed by atoms with Gasteiger partial charge in [0.2, 0.25) is 5.95 Å². The number of nitrogen functional groups attached to an aromatic ring is 1. The van der Waals surface area contributed by atoms with Crippen LogP contribution in [0.5, 0.6) is 0 Å². The predicted molar refractivity (Wildman–Crippen MR) is 48.7 cm³/mol. The van der Waals surface area contributed by atoms with E-state index in [1.165, 1.54) is 4.57 Å². The van der Waals surface area contributed by atoms with Gasteiger partial charge < -0.3 is 10.5 Å². The van der Waals surface area contributed by atoms with E-state index < -0.39 is 12.8 Å². The van der Waals surface area contributed by atoms with Crippen LogP contribution < -0.4 is 5.73 Å². The summed E-state index contributed by atoms with van der Waals surface area (Å²) in [7, 11) is 0. The van der Waals surface area contributed by atoms with E-state index in [1.807, 2.05) is 0 Å². The van der Waals surface area contributed by atoms with Crippen molar-refractivity contribution in [2.75, 3.05) is 18.9 Å². The van der Waals surface area contributed by atoms with Crippen LogP contribution >= 0.6 is 12.2 Å². The Morgan fingerprint density at radius 2 is 2.20 bits per heavy atom. The van der Waals surface area contributed by atoms with Crippen LogP contribution in [0.3, 0.4) is 0 Å². The standard InChI is InChI=1S/C6H9F3N4OS/c7-6(8,9)3-14-2-1-13-4(10)11-12-5(13)15/h1-3H2,(H2,10,11)(H,12,15). The summed E-state index contributed by atoms with van der Waals surface area (Å²) in [5.41, 5.74) is 5.39. The van der Waals surface area contributed by atoms with Gasteiger partial charge >= 0.3 is 6.18 Å². The van der Waals surface area contributed by atoms with Crippen LogP contribution in [0, 0.1) is 4.77 Å². The molecule has 1 aromatic heterocycles. The molecule has 0 atom stereocenters. The van der Waals surface area contributed by atoms with Gasteiger partial charge in [0.1, 0.15) is 6.61 Å². The second-order valence-electron chi connectivity index (χ2n) is 2.71. The SMILES string of the molecule is Nc1n[nH]c(=S)n1CCOCC(F)(F)F. The molecule has 0 saturated heterocycles. The Bertz CT molecular complexity index is 371. The molecular formula is C6H9F3N4OS. The number of anilines is 1. The van der Waals surface area contributed by atoms with Crippen molar-refractivity contribution in [3.63, 3.8) is 0 Å². The lowest BCUT2D eigenvalue weighted by Gasteiger charge is -2.08. The summed E-state index contributed by atoms with van der Waals surface area (Å²) in [5, 5.41) is 6.00. The van der Waals surface area contributed by atoms with Crippen molar-refractivity contribution in [1.82, 2.24) is 14.8 Å². The van der Waals surface area contributed by atoms with Crippen LogP contribution in [-0.2, 0) is 11.3 Å². The lowest BCUT2D eigenvalue weighted by atomic mass is 10.6. The molecular weight excluding hydrogens is 233 g/mol. The zero-order chi connectivity index (χ0) is 11.5. The van der Waals surface area contributed by atoms with Gasteiger partial charge in [0.15, 0.2) is 4.77 Å². The molecule has 86 valence electrons. The van der Waals surface area contributed by atoms with E-state index in [2.05, 4.69) is 14.9 Å². The molecule has 1 rings (SSSR count). The van der Waals surface area contributed by atoms with E-state index in [9.17, 15) is 13.2 Å². The monoisotopic (exact) mass is 242 g/mol. The Hall–Kier alpha value is -1.09. The molecule has 0 spiro atoms. The molecule has 0 aliphatic heterocycles. The summed E-state index contributed by atoms with van der Waals surface area (Å²) in [5.74, 6) is 0.121. The maximum absolute atomic E-state index is 11.7. The quantitative estimate of drug-likeness (QED) is 0.613. The predicted octanol–water partition coefficient (Wildman–Crippen LogP) is 1.10. The van der Waals surface area contributed by atoms with Crippen LogP contribution in [0.4, 0.5) is 19.1 Å². The average Bonchev–Trinajstić information content (AvgIpc) is 2.40. The molecule has 0 amide bonds. The zero-order valence-electron chi connectivity index (χ0n) is 7.54. The molecule has 0 aliphatic rings. The van der Waals surface area contributed by atoms with Crippen molar-refractivity contribution in [2.45, 2.75) is 12.7 Å². The summed E-state index contributed by atoms with van der Waals surface area (Å²) < 4.78 is 41.1. The van der Waals surface area contributed by atoms with Crippen molar-refractivity contribution in [3.05, 3.63) is 4.77 Å². The van der Waals surface area contributed by atoms with E-state index in [-0.39, 0.29) is 23.9 Å². The fraction of sp³-hybridized carbons (Fsp3) is 0.667. The van der Waals surface area contributed by atoms with Crippen LogP contribution in [0.1, 0.15) is 0 Å². The number of hydrogen-bond donors (Lipinski definition) is 2. The molecule has 0 aliphatic carbocycles. The fourth-order valence-corrected chi connectivity index (χ4v) is 1.12. The lowest BCUT2D eigenvalue weighted by molar-refractivity contribution is -0.174. The fourth-order valence-electron chi connectivity index (χ4n) is 0.890. The molecule has 0 radical (unpaired) electrons. The molecule has 0 bridgehead atoms. The van der Waals surface area contributed by atoms with Crippen molar-refractivity contribution in [1.29, 1.82) is 0 Å². The molecule has 5 nitrogen and oxygen atoms in total. The Labute approximate surface area is 88.0 Å². The van der Waals surface area contributed by atoms with Crippen molar-refractivity contribution in [3.8, 4) is 0 Å². The second-order valence-corrected chi connectivity index (χ2v) is 3.09. The van der Waals surface area contributed by atoms with Gasteiger partial charge in [-0.1, -0.05) is 0 Å². The van der Waals surface area contributed by atoms with Crippen molar-refractivity contribution >= 4 is 18.2 Å². The third-order valence-corrected chi connectivity index (χ3v) is 1.82. The highest BCUT2D eigenvalue weighted by molar-refractivity contribution is 7.71. The number of H-pyrrole nitrogens is 1. The van der Waals surface area contributed by atoms with Gasteiger partial charge in [-0.2, -0.15) is 13.2 Å². The summed E-state index contributed by atoms with van der Waals surface area (Å²) in [6, 6.07) is 0. The van der Waals surface area contributed by atoms with Gasteiger partial charge in [-0.15, -0.1) is 5.10 Å². The molecule has 1 heterocycles. The number of alkyl halides is 3. The van der Waals surface area contributed by atoms with Crippen LogP contribution in [0.2, 0.25) is 0 Å². The van der Waals surface area contributed by atoms with Crippen LogP contribution in [0.25, 0.3) is 0 Å². The highest BCUT2D eigenvalue weighted by atomic mass is 32.1. The van der Waals surface area contributed by atoms with E-state index in [0.717, 1.165) is 0 Å². The van der Waals surface area contributed by atoms with E-state index in [4.69, 9.17) is 18.0 Å². The Morgan fingerprint density at radius 1 is 1.53 bits per heavy atom. The Kier molecular flexibility index (Phi) is 3.69. The van der Waals surface area contributed by atoms with E-state index in [0.29, 0.717) is 0 Å². The van der Waals surface area contributed by atoms with Gasteiger partial charge in [0, 0.05) is 0 Å². The highest BCUT2D eigenvalue weighted by Crippen LogP contribution is 2.14. The number of ether oxygens (including phenoxy) is 1. The minimum atomic E-state index is -4.32. The Morgan fingerprint density at radius 3 is 2.67 bits per heavy atom. The normalized spacial score (nSPS) is 11.9. The highest BCUT2D eigenvalue weighted by Gasteiger charge is 2.27. The molecule has 9 heteroatoms. The first-order valence-corrected chi connectivity index (χ1v) is 4.36. The molecule has 0 fully saturated rings. The number of nitrogens with two attached hydrogens (primary N) is 1. The first kappa shape index (κ1) is 12.0. The number of nitrogens with zero attached hydrogens (tertiary/aromatic N) is 2. The van der Waals surface area contributed by atoms with Crippen molar-refractivity contribution in [2.24, 2.45) is 0 Å². The molecule has 0 aromatic carbocycles. The molecule has 0 unspecified atom stereocenters. The smallest absolute Gasteiger partial charge is 0.370 e. The Balaban J connectivity index is 2.36. The van der Waals surface area contributed by atoms with Gasteiger partial charge in [-0.05, 0) is 12.2 Å². The summed E-state index contributed by atoms with van der Waals surface area (Å²) >= 11 is 4.78. The third-order valence-electron chi connectivity index (χ3n) is 1.51. The molecule has 15 heavy (non-hydrogen) atoms. The minimum Gasteiger partial charge on any atom is -0.370 e. The summed E-state index contributed by atoms with van der Waals surface area (Å²) in [4.78, 5) is 0. The van der Waals surface area contributed by atoms with Gasteiger partial charge in [0.05, 0.1) is 13.2 Å². The topological polar surface area (TPSA) is 68.9 Å². The average molecular weight is 242 g/mol. The van der Waals surface area contributed by atoms with Gasteiger partial charge in [-0.3, -0.25) is 4.57 Å². The van der Waals surface area contributed by atoms with E-state index in [1.54, 1.807) is 0 Å². The number of aromatic nitrogens is 3. The van der Waals surface area contributed by atoms with Gasteiger partial charge in [0.25, 0.3) is 0 Å². The minimum absolute atomic E-state index is 0.121. The molecule has 0 saturated carbocycles. The van der Waals surface area contributed by atoms with E-state index >= 15 is 0 Å². The molecule has 1 aromatic rings. The number of aromatic amines is 1. The number of rotatable bonds is 4. The summed E-state index contributed by atoms with van der Waals surface area (Å²) in [6.07, 6.45) is -4.32. The number of halogens is 3. The lowest BCUT2D eigenvalue weighted by Crippen LogP contribution is -2.19. The molecule has 3 N–H and O–H groups in total. The number of hydrogen-bond acceptors (Lipinski definition) is 4. The first-order chi connectivity index (χ1) is 6.90. The first-order valence-electron chi connectivity index (χ1n) is 3.95. The van der Waals surface area contributed by atoms with Gasteiger partial charge in [-0.25, -0.2) is 5.10 Å².